The molecule has 1 aliphatic heterocycles. The van der Waals surface area contributed by atoms with E-state index in [4.69, 9.17) is 0 Å². The number of carboxylic acids is 1. The van der Waals surface area contributed by atoms with Gasteiger partial charge in [-0.15, -0.1) is 11.3 Å². The lowest BCUT2D eigenvalue weighted by molar-refractivity contribution is -0.142. The largest absolute Gasteiger partial charge is 0.480 e. The van der Waals surface area contributed by atoms with Gasteiger partial charge in [-0.3, -0.25) is 4.79 Å². The molecule has 0 aliphatic carbocycles. The minimum absolute atomic E-state index is 0.110. The Morgan fingerprint density at radius 2 is 2.21 bits per heavy atom. The minimum atomic E-state index is -0.884. The number of carboxylic acid groups (broad SMARTS) is 1. The first-order valence-corrected chi connectivity index (χ1v) is 7.63. The van der Waals surface area contributed by atoms with Crippen LogP contribution in [0.3, 0.4) is 0 Å². The van der Waals surface area contributed by atoms with Gasteiger partial charge >= 0.3 is 5.97 Å². The molecule has 1 aromatic heterocycles. The van der Waals surface area contributed by atoms with Gasteiger partial charge in [-0.25, -0.2) is 4.79 Å². The van der Waals surface area contributed by atoms with E-state index in [1.165, 1.54) is 11.3 Å². The normalized spacial score (nSPS) is 20.1. The molecule has 1 N–H and O–H groups in total. The first-order valence-electron chi connectivity index (χ1n) is 6.75. The van der Waals surface area contributed by atoms with Crippen LogP contribution in [-0.2, 0) is 11.2 Å². The van der Waals surface area contributed by atoms with Crippen molar-refractivity contribution in [1.29, 1.82) is 0 Å². The lowest BCUT2D eigenvalue weighted by Crippen LogP contribution is -2.44. The molecule has 0 bridgehead atoms. The topological polar surface area (TPSA) is 57.6 Å². The van der Waals surface area contributed by atoms with Gasteiger partial charge in [0.2, 0.25) is 0 Å². The van der Waals surface area contributed by atoms with E-state index < -0.39 is 12.0 Å². The van der Waals surface area contributed by atoms with Gasteiger partial charge in [0, 0.05) is 6.54 Å². The molecule has 4 nitrogen and oxygen atoms in total. The second kappa shape index (κ2) is 6.19. The summed E-state index contributed by atoms with van der Waals surface area (Å²) in [4.78, 5) is 26.2. The van der Waals surface area contributed by atoms with Crippen molar-refractivity contribution in [3.05, 3.63) is 21.9 Å². The molecule has 0 spiro atoms. The highest BCUT2D eigenvalue weighted by Gasteiger charge is 2.32. The number of rotatable bonds is 3. The summed E-state index contributed by atoms with van der Waals surface area (Å²) in [5, 5.41) is 11.2. The van der Waals surface area contributed by atoms with Crippen molar-refractivity contribution in [3.63, 3.8) is 0 Å². The second-order valence-electron chi connectivity index (χ2n) is 4.83. The fourth-order valence-corrected chi connectivity index (χ4v) is 3.49. The maximum Gasteiger partial charge on any atom is 0.326 e. The Morgan fingerprint density at radius 3 is 2.89 bits per heavy atom. The number of nitrogens with zero attached hydrogens (tertiary/aromatic N) is 1. The second-order valence-corrected chi connectivity index (χ2v) is 5.75. The summed E-state index contributed by atoms with van der Waals surface area (Å²) in [6.45, 7) is 2.56. The van der Waals surface area contributed by atoms with Gasteiger partial charge in [0.15, 0.2) is 0 Å². The number of thiophene rings is 1. The van der Waals surface area contributed by atoms with Gasteiger partial charge in [0.25, 0.3) is 5.91 Å². The number of aryl methyl sites for hydroxylation is 1. The fraction of sp³-hybridized carbons (Fsp3) is 0.571. The first-order chi connectivity index (χ1) is 9.15. The average Bonchev–Trinajstić information content (AvgIpc) is 2.73. The van der Waals surface area contributed by atoms with Crippen molar-refractivity contribution >= 4 is 23.2 Å². The Hall–Kier alpha value is -1.36. The Kier molecular flexibility index (Phi) is 4.58. The van der Waals surface area contributed by atoms with E-state index in [-0.39, 0.29) is 5.91 Å². The maximum absolute atomic E-state index is 12.6. The number of hydrogen-bond donors (Lipinski definition) is 1. The van der Waals surface area contributed by atoms with Gasteiger partial charge in [0.1, 0.15) is 6.04 Å². The predicted molar refractivity (Wildman–Crippen MR) is 74.6 cm³/mol. The lowest BCUT2D eigenvalue weighted by atomic mass is 10.1. The monoisotopic (exact) mass is 281 g/mol. The summed E-state index contributed by atoms with van der Waals surface area (Å²) in [7, 11) is 0. The first kappa shape index (κ1) is 14.1. The Balaban J connectivity index is 2.26. The van der Waals surface area contributed by atoms with Crippen LogP contribution in [0.4, 0.5) is 0 Å². The molecule has 1 unspecified atom stereocenters. The Bertz CT molecular complexity index is 469. The van der Waals surface area contributed by atoms with Crippen LogP contribution in [-0.4, -0.2) is 34.5 Å². The number of aliphatic carboxylic acids is 1. The Morgan fingerprint density at radius 1 is 1.42 bits per heavy atom. The summed E-state index contributed by atoms with van der Waals surface area (Å²) < 4.78 is 0. The van der Waals surface area contributed by atoms with Gasteiger partial charge < -0.3 is 10.0 Å². The molecule has 1 aromatic rings. The van der Waals surface area contributed by atoms with E-state index in [2.05, 4.69) is 0 Å². The van der Waals surface area contributed by atoms with Gasteiger partial charge in [-0.1, -0.05) is 19.8 Å². The number of likely N-dealkylation sites (tertiary alicyclic amines) is 1. The van der Waals surface area contributed by atoms with Gasteiger partial charge in [0.05, 0.1) is 4.88 Å². The van der Waals surface area contributed by atoms with Crippen molar-refractivity contribution < 1.29 is 14.7 Å². The van der Waals surface area contributed by atoms with Gasteiger partial charge in [-0.2, -0.15) is 0 Å². The fourth-order valence-electron chi connectivity index (χ4n) is 2.54. The summed E-state index contributed by atoms with van der Waals surface area (Å²) in [5.41, 5.74) is 1.02. The summed E-state index contributed by atoms with van der Waals surface area (Å²) in [6, 6.07) is 1.28. The van der Waals surface area contributed by atoms with E-state index in [1.807, 2.05) is 18.4 Å². The molecule has 104 valence electrons. The number of carbonyl (C=O) groups is 2. The van der Waals surface area contributed by atoms with E-state index in [1.54, 1.807) is 4.90 Å². The Labute approximate surface area is 117 Å². The van der Waals surface area contributed by atoms with Crippen LogP contribution in [0.2, 0.25) is 0 Å². The van der Waals surface area contributed by atoms with Crippen LogP contribution in [0, 0.1) is 0 Å². The molecule has 0 radical (unpaired) electrons. The van der Waals surface area contributed by atoms with Crippen LogP contribution in [0.5, 0.6) is 0 Å². The number of amides is 1. The highest BCUT2D eigenvalue weighted by Crippen LogP contribution is 2.24. The summed E-state index contributed by atoms with van der Waals surface area (Å²) in [5.74, 6) is -0.994. The number of carbonyl (C=O) groups excluding carboxylic acids is 1. The van der Waals surface area contributed by atoms with E-state index in [0.717, 1.165) is 31.2 Å². The average molecular weight is 281 g/mol. The van der Waals surface area contributed by atoms with E-state index in [9.17, 15) is 14.7 Å². The van der Waals surface area contributed by atoms with Crippen LogP contribution >= 0.6 is 11.3 Å². The summed E-state index contributed by atoms with van der Waals surface area (Å²) in [6.07, 6.45) is 4.14. The molecule has 1 saturated heterocycles. The van der Waals surface area contributed by atoms with Crippen molar-refractivity contribution in [2.45, 2.75) is 45.1 Å². The molecule has 1 amide bonds. The molecular formula is C14H19NO3S. The third-order valence-electron chi connectivity index (χ3n) is 3.62. The molecule has 1 atom stereocenters. The van der Waals surface area contributed by atoms with Crippen molar-refractivity contribution in [2.24, 2.45) is 0 Å². The molecule has 1 fully saturated rings. The molecule has 0 aromatic carbocycles. The standard InChI is InChI=1S/C14H19NO3S/c1-2-10-7-9-19-12(10)13(16)15-8-5-3-4-6-11(15)14(17)18/h7,9,11H,2-6,8H2,1H3,(H,17,18). The zero-order chi connectivity index (χ0) is 13.8. The third kappa shape index (κ3) is 2.97. The molecule has 2 rings (SSSR count). The quantitative estimate of drug-likeness (QED) is 0.927. The highest BCUT2D eigenvalue weighted by molar-refractivity contribution is 7.12. The van der Waals surface area contributed by atoms with Crippen molar-refractivity contribution in [3.8, 4) is 0 Å². The SMILES string of the molecule is CCc1ccsc1C(=O)N1CCCCCC1C(=O)O. The predicted octanol–water partition coefficient (Wildman–Crippen LogP) is 2.78. The minimum Gasteiger partial charge on any atom is -0.480 e. The maximum atomic E-state index is 12.6. The molecule has 5 heteroatoms. The highest BCUT2D eigenvalue weighted by atomic mass is 32.1. The molecule has 19 heavy (non-hydrogen) atoms. The van der Waals surface area contributed by atoms with E-state index >= 15 is 0 Å². The van der Waals surface area contributed by atoms with Crippen LogP contribution in [0.15, 0.2) is 11.4 Å². The third-order valence-corrected chi connectivity index (χ3v) is 4.57. The van der Waals surface area contributed by atoms with Crippen molar-refractivity contribution in [1.82, 2.24) is 4.90 Å². The molecule has 2 heterocycles. The smallest absolute Gasteiger partial charge is 0.326 e. The lowest BCUT2D eigenvalue weighted by Gasteiger charge is -2.26. The zero-order valence-corrected chi connectivity index (χ0v) is 11.9. The zero-order valence-electron chi connectivity index (χ0n) is 11.1. The van der Waals surface area contributed by atoms with Crippen LogP contribution in [0.25, 0.3) is 0 Å². The van der Waals surface area contributed by atoms with Crippen LogP contribution < -0.4 is 0 Å². The molecular weight excluding hydrogens is 262 g/mol. The summed E-state index contributed by atoms with van der Waals surface area (Å²) >= 11 is 1.41. The van der Waals surface area contributed by atoms with Gasteiger partial charge in [-0.05, 0) is 36.3 Å². The molecule has 1 aliphatic rings. The number of hydrogen-bond acceptors (Lipinski definition) is 3. The molecule has 0 saturated carbocycles. The van der Waals surface area contributed by atoms with Crippen LogP contribution in [0.1, 0.15) is 47.8 Å². The van der Waals surface area contributed by atoms with Crippen molar-refractivity contribution in [2.75, 3.05) is 6.54 Å². The van der Waals surface area contributed by atoms with E-state index in [0.29, 0.717) is 17.8 Å².